The van der Waals surface area contributed by atoms with Crippen LogP contribution in [0.5, 0.6) is 0 Å². The summed E-state index contributed by atoms with van der Waals surface area (Å²) in [7, 11) is 0. The Hall–Kier alpha value is 0.250. The molecule has 0 radical (unpaired) electrons. The summed E-state index contributed by atoms with van der Waals surface area (Å²) < 4.78 is 0. The van der Waals surface area contributed by atoms with E-state index in [4.69, 9.17) is 11.6 Å². The van der Waals surface area contributed by atoms with Crippen LogP contribution >= 0.6 is 24.0 Å². The van der Waals surface area contributed by atoms with Crippen molar-refractivity contribution in [2.45, 2.75) is 26.2 Å². The number of unbranched alkanes of at least 4 members (excludes halogenated alkanes) is 1. The van der Waals surface area contributed by atoms with Crippen LogP contribution in [0.15, 0.2) is 0 Å². The standard InChI is InChI=1S/C5H9ClO.ClH/c1-2-3-4-5(6)7;/h2-4H2,1H3;1H. The lowest BCUT2D eigenvalue weighted by atomic mass is 10.3. The molecule has 0 spiro atoms. The molecule has 0 aliphatic rings. The van der Waals surface area contributed by atoms with E-state index in [1.807, 2.05) is 6.92 Å². The summed E-state index contributed by atoms with van der Waals surface area (Å²) in [5.41, 5.74) is 0. The molecule has 0 N–H and O–H groups in total. The lowest BCUT2D eigenvalue weighted by Gasteiger charge is -1.84. The van der Waals surface area contributed by atoms with Crippen LogP contribution in [-0.2, 0) is 4.79 Å². The van der Waals surface area contributed by atoms with Gasteiger partial charge in [-0.15, -0.1) is 12.4 Å². The molecule has 0 aromatic heterocycles. The van der Waals surface area contributed by atoms with E-state index in [0.29, 0.717) is 6.42 Å². The fourth-order valence-corrected chi connectivity index (χ4v) is 0.449. The smallest absolute Gasteiger partial charge is 0.221 e. The van der Waals surface area contributed by atoms with Gasteiger partial charge in [0.25, 0.3) is 0 Å². The van der Waals surface area contributed by atoms with Gasteiger partial charge < -0.3 is 0 Å². The van der Waals surface area contributed by atoms with Gasteiger partial charge in [-0.3, -0.25) is 4.79 Å². The first-order valence-electron chi connectivity index (χ1n) is 2.45. The van der Waals surface area contributed by atoms with Gasteiger partial charge in [0.2, 0.25) is 5.24 Å². The molecule has 0 saturated carbocycles. The number of hydrogen-bond acceptors (Lipinski definition) is 1. The number of halogens is 2. The maximum Gasteiger partial charge on any atom is 0.221 e. The Balaban J connectivity index is 0. The molecule has 0 saturated heterocycles. The van der Waals surface area contributed by atoms with Crippen molar-refractivity contribution in [3.63, 3.8) is 0 Å². The molecule has 0 fully saturated rings. The summed E-state index contributed by atoms with van der Waals surface area (Å²) in [6, 6.07) is 0. The van der Waals surface area contributed by atoms with Crippen LogP contribution < -0.4 is 0 Å². The Labute approximate surface area is 60.8 Å². The molecular formula is C5H10Cl2O. The van der Waals surface area contributed by atoms with Gasteiger partial charge in [-0.1, -0.05) is 13.3 Å². The largest absolute Gasteiger partial charge is 0.281 e. The molecule has 0 atom stereocenters. The Kier molecular flexibility index (Phi) is 10.1. The molecule has 0 amide bonds. The predicted molar refractivity (Wildman–Crippen MR) is 37.6 cm³/mol. The van der Waals surface area contributed by atoms with Gasteiger partial charge in [0.05, 0.1) is 0 Å². The third kappa shape index (κ3) is 9.54. The third-order valence-electron chi connectivity index (χ3n) is 0.727. The minimum Gasteiger partial charge on any atom is -0.281 e. The van der Waals surface area contributed by atoms with Gasteiger partial charge in [-0.2, -0.15) is 0 Å². The Bertz CT molecular complexity index is 63.4. The fraction of sp³-hybridized carbons (Fsp3) is 0.800. The van der Waals surface area contributed by atoms with Crippen molar-refractivity contribution in [3.8, 4) is 0 Å². The van der Waals surface area contributed by atoms with Gasteiger partial charge >= 0.3 is 0 Å². The average molecular weight is 157 g/mol. The van der Waals surface area contributed by atoms with Gasteiger partial charge in [0, 0.05) is 6.42 Å². The monoisotopic (exact) mass is 156 g/mol. The maximum absolute atomic E-state index is 9.97. The zero-order valence-electron chi connectivity index (χ0n) is 4.82. The minimum atomic E-state index is -0.221. The second-order valence-corrected chi connectivity index (χ2v) is 1.88. The van der Waals surface area contributed by atoms with E-state index in [-0.39, 0.29) is 17.6 Å². The van der Waals surface area contributed by atoms with Crippen LogP contribution in [0, 0.1) is 0 Å². The molecule has 0 aromatic carbocycles. The molecule has 1 nitrogen and oxygen atoms in total. The molecule has 0 bridgehead atoms. The quantitative estimate of drug-likeness (QED) is 0.574. The van der Waals surface area contributed by atoms with E-state index < -0.39 is 0 Å². The highest BCUT2D eigenvalue weighted by Crippen LogP contribution is 1.96. The van der Waals surface area contributed by atoms with Crippen molar-refractivity contribution in [1.82, 2.24) is 0 Å². The molecular weight excluding hydrogens is 147 g/mol. The normalized spacial score (nSPS) is 7.75. The lowest BCUT2D eigenvalue weighted by molar-refractivity contribution is -0.111. The first-order chi connectivity index (χ1) is 3.27. The van der Waals surface area contributed by atoms with Crippen molar-refractivity contribution in [2.24, 2.45) is 0 Å². The summed E-state index contributed by atoms with van der Waals surface area (Å²) in [5, 5.41) is -0.221. The molecule has 50 valence electrons. The van der Waals surface area contributed by atoms with Crippen LogP contribution in [0.25, 0.3) is 0 Å². The molecule has 0 heterocycles. The number of hydrogen-bond donors (Lipinski definition) is 0. The Morgan fingerprint density at radius 3 is 2.25 bits per heavy atom. The van der Waals surface area contributed by atoms with E-state index in [1.54, 1.807) is 0 Å². The van der Waals surface area contributed by atoms with Crippen molar-refractivity contribution < 1.29 is 4.79 Å². The zero-order valence-corrected chi connectivity index (χ0v) is 6.39. The van der Waals surface area contributed by atoms with E-state index in [9.17, 15) is 4.79 Å². The summed E-state index contributed by atoms with van der Waals surface area (Å²) in [6.07, 6.45) is 2.48. The topological polar surface area (TPSA) is 17.1 Å². The maximum atomic E-state index is 9.97. The molecule has 3 heteroatoms. The average Bonchev–Trinajstić information content (AvgIpc) is 1.61. The highest BCUT2D eigenvalue weighted by atomic mass is 35.5. The van der Waals surface area contributed by atoms with Crippen LogP contribution in [-0.4, -0.2) is 5.24 Å². The lowest BCUT2D eigenvalue weighted by Crippen LogP contribution is -1.82. The molecule has 0 aliphatic carbocycles. The van der Waals surface area contributed by atoms with Crippen molar-refractivity contribution >= 4 is 29.3 Å². The van der Waals surface area contributed by atoms with Gasteiger partial charge in [-0.25, -0.2) is 0 Å². The number of rotatable bonds is 3. The van der Waals surface area contributed by atoms with E-state index in [0.717, 1.165) is 12.8 Å². The van der Waals surface area contributed by atoms with Gasteiger partial charge in [-0.05, 0) is 18.0 Å². The predicted octanol–water partition coefficient (Wildman–Crippen LogP) is 2.36. The second kappa shape index (κ2) is 7.25. The summed E-state index contributed by atoms with van der Waals surface area (Å²) >= 11 is 5.02. The van der Waals surface area contributed by atoms with Crippen LogP contribution in [0.3, 0.4) is 0 Å². The van der Waals surface area contributed by atoms with Crippen LogP contribution in [0.2, 0.25) is 0 Å². The second-order valence-electron chi connectivity index (χ2n) is 1.46. The number of carbonyl (C=O) groups excluding carboxylic acids is 1. The highest BCUT2D eigenvalue weighted by Gasteiger charge is 1.90. The highest BCUT2D eigenvalue weighted by molar-refractivity contribution is 6.63. The van der Waals surface area contributed by atoms with Crippen molar-refractivity contribution in [2.75, 3.05) is 0 Å². The number of carbonyl (C=O) groups is 1. The molecule has 0 aromatic rings. The molecule has 0 aliphatic heterocycles. The minimum absolute atomic E-state index is 0. The van der Waals surface area contributed by atoms with Crippen molar-refractivity contribution in [3.05, 3.63) is 0 Å². The molecule has 0 rings (SSSR count). The zero-order chi connectivity index (χ0) is 5.70. The summed E-state index contributed by atoms with van der Waals surface area (Å²) in [4.78, 5) is 9.97. The van der Waals surface area contributed by atoms with E-state index >= 15 is 0 Å². The first kappa shape index (κ1) is 11.1. The fourth-order valence-electron chi connectivity index (χ4n) is 0.316. The summed E-state index contributed by atoms with van der Waals surface area (Å²) in [6.45, 7) is 2.03. The SMILES string of the molecule is CCCCC(=O)Cl.Cl. The third-order valence-corrected chi connectivity index (χ3v) is 0.916. The van der Waals surface area contributed by atoms with E-state index in [2.05, 4.69) is 0 Å². The van der Waals surface area contributed by atoms with E-state index in [1.165, 1.54) is 0 Å². The van der Waals surface area contributed by atoms with Crippen molar-refractivity contribution in [1.29, 1.82) is 0 Å². The molecule has 0 unspecified atom stereocenters. The Morgan fingerprint density at radius 2 is 2.12 bits per heavy atom. The first-order valence-corrected chi connectivity index (χ1v) is 2.83. The van der Waals surface area contributed by atoms with Gasteiger partial charge in [0.1, 0.15) is 0 Å². The summed E-state index contributed by atoms with van der Waals surface area (Å²) in [5.74, 6) is 0. The molecule has 8 heavy (non-hydrogen) atoms. The van der Waals surface area contributed by atoms with Crippen LogP contribution in [0.1, 0.15) is 26.2 Å². The van der Waals surface area contributed by atoms with Crippen LogP contribution in [0.4, 0.5) is 0 Å². The van der Waals surface area contributed by atoms with Gasteiger partial charge in [0.15, 0.2) is 0 Å². The Morgan fingerprint density at radius 1 is 1.62 bits per heavy atom.